The Hall–Kier alpha value is -3.43. The van der Waals surface area contributed by atoms with E-state index in [0.717, 1.165) is 11.3 Å². The molecule has 0 radical (unpaired) electrons. The second-order valence-electron chi connectivity index (χ2n) is 7.63. The molecule has 0 aliphatic carbocycles. The van der Waals surface area contributed by atoms with Crippen molar-refractivity contribution in [2.45, 2.75) is 32.6 Å². The Bertz CT molecular complexity index is 1010. The van der Waals surface area contributed by atoms with Crippen molar-refractivity contribution in [3.63, 3.8) is 0 Å². The van der Waals surface area contributed by atoms with Gasteiger partial charge in [-0.05, 0) is 29.3 Å². The summed E-state index contributed by atoms with van der Waals surface area (Å²) in [6.07, 6.45) is -2.88. The number of benzene rings is 1. The summed E-state index contributed by atoms with van der Waals surface area (Å²) in [7, 11) is 0. The number of hydrogen-bond acceptors (Lipinski definition) is 4. The van der Waals surface area contributed by atoms with E-state index in [9.17, 15) is 22.8 Å². The average molecular weight is 431 g/mol. The van der Waals surface area contributed by atoms with Crippen molar-refractivity contribution >= 4 is 23.3 Å². The minimum Gasteiger partial charge on any atom is -0.314 e. The third kappa shape index (κ3) is 4.68. The molecule has 1 atom stereocenters. The maximum absolute atomic E-state index is 12.7. The highest BCUT2D eigenvalue weighted by Crippen LogP contribution is 2.26. The lowest BCUT2D eigenvalue weighted by atomic mass is 9.93. The zero-order chi connectivity index (χ0) is 22.2. The van der Waals surface area contributed by atoms with Gasteiger partial charge < -0.3 is 10.2 Å². The number of amides is 3. The van der Waals surface area contributed by atoms with E-state index in [4.69, 9.17) is 0 Å². The van der Waals surface area contributed by atoms with Gasteiger partial charge in [0.15, 0.2) is 0 Å². The van der Waals surface area contributed by atoms with Crippen LogP contribution in [0.3, 0.4) is 0 Å². The molecule has 4 rings (SSSR count). The highest BCUT2D eigenvalue weighted by Gasteiger charge is 2.36. The zero-order valence-electron chi connectivity index (χ0n) is 16.7. The molecule has 0 saturated heterocycles. The molecule has 2 aliphatic rings. The summed E-state index contributed by atoms with van der Waals surface area (Å²) >= 11 is 0. The third-order valence-corrected chi connectivity index (χ3v) is 5.20. The predicted molar refractivity (Wildman–Crippen MR) is 107 cm³/mol. The highest BCUT2D eigenvalue weighted by atomic mass is 19.4. The Labute approximate surface area is 176 Å². The summed E-state index contributed by atoms with van der Waals surface area (Å²) in [5, 5.41) is 7.24. The molecule has 1 aromatic heterocycles. The first-order chi connectivity index (χ1) is 14.7. The molecule has 7 nitrogen and oxygen atoms in total. The van der Waals surface area contributed by atoms with Gasteiger partial charge in [0.25, 0.3) is 0 Å². The van der Waals surface area contributed by atoms with Gasteiger partial charge in [0.2, 0.25) is 5.91 Å². The van der Waals surface area contributed by atoms with Crippen LogP contribution in [-0.4, -0.2) is 45.3 Å². The lowest BCUT2D eigenvalue weighted by molar-refractivity contribution is -0.162. The van der Waals surface area contributed by atoms with Gasteiger partial charge in [0.1, 0.15) is 6.54 Å². The first-order valence-corrected chi connectivity index (χ1v) is 9.74. The SMILES string of the molecule is CC1CC(=O)N(CC(F)(F)F)N=C1c1ccc(NC(=O)N2Cc3cccnc3C2)cc1. The average Bonchev–Trinajstić information content (AvgIpc) is 3.14. The number of nitrogens with one attached hydrogen (secondary N) is 1. The van der Waals surface area contributed by atoms with E-state index < -0.39 is 18.6 Å². The van der Waals surface area contributed by atoms with Gasteiger partial charge in [0.05, 0.1) is 18.0 Å². The van der Waals surface area contributed by atoms with Crippen LogP contribution in [0.5, 0.6) is 0 Å². The van der Waals surface area contributed by atoms with Crippen LogP contribution in [0.2, 0.25) is 0 Å². The molecule has 0 bridgehead atoms. The first kappa shape index (κ1) is 20.8. The molecule has 2 aliphatic heterocycles. The number of urea groups is 1. The van der Waals surface area contributed by atoms with Gasteiger partial charge >= 0.3 is 12.2 Å². The van der Waals surface area contributed by atoms with E-state index in [-0.39, 0.29) is 18.4 Å². The monoisotopic (exact) mass is 431 g/mol. The maximum atomic E-state index is 12.7. The van der Waals surface area contributed by atoms with Crippen LogP contribution in [0, 0.1) is 5.92 Å². The van der Waals surface area contributed by atoms with Crippen molar-refractivity contribution in [2.75, 3.05) is 11.9 Å². The van der Waals surface area contributed by atoms with Gasteiger partial charge in [0, 0.05) is 30.8 Å². The molecular formula is C21H20F3N5O2. The number of hydrazone groups is 1. The van der Waals surface area contributed by atoms with Crippen LogP contribution in [0.25, 0.3) is 0 Å². The van der Waals surface area contributed by atoms with Gasteiger partial charge in [-0.1, -0.05) is 25.1 Å². The molecule has 0 spiro atoms. The fraction of sp³-hybridized carbons (Fsp3) is 0.333. The zero-order valence-corrected chi connectivity index (χ0v) is 16.7. The Morgan fingerprint density at radius 1 is 1.19 bits per heavy atom. The number of alkyl halides is 3. The summed E-state index contributed by atoms with van der Waals surface area (Å²) in [4.78, 5) is 30.4. The first-order valence-electron chi connectivity index (χ1n) is 9.74. The number of rotatable bonds is 3. The Kier molecular flexibility index (Phi) is 5.38. The number of carbonyl (C=O) groups is 2. The molecule has 3 amide bonds. The third-order valence-electron chi connectivity index (χ3n) is 5.20. The van der Waals surface area contributed by atoms with Crippen LogP contribution in [0.1, 0.15) is 30.2 Å². The molecule has 162 valence electrons. The quantitative estimate of drug-likeness (QED) is 0.804. The normalized spacial score (nSPS) is 18.6. The number of hydrogen-bond donors (Lipinski definition) is 1. The Morgan fingerprint density at radius 2 is 1.94 bits per heavy atom. The number of aromatic nitrogens is 1. The molecule has 1 unspecified atom stereocenters. The number of nitrogens with zero attached hydrogens (tertiary/aromatic N) is 4. The van der Waals surface area contributed by atoms with Gasteiger partial charge in [-0.15, -0.1) is 0 Å². The Morgan fingerprint density at radius 3 is 2.61 bits per heavy atom. The standard InChI is InChI=1S/C21H20F3N5O2/c1-13-9-18(30)29(12-21(22,23)24)27-19(13)14-4-6-16(7-5-14)26-20(31)28-10-15-3-2-8-25-17(15)11-28/h2-8,13H,9-12H2,1H3,(H,26,31). The minimum absolute atomic E-state index is 0.0447. The summed E-state index contributed by atoms with van der Waals surface area (Å²) in [5.74, 6) is -0.966. The fourth-order valence-corrected chi connectivity index (χ4v) is 3.65. The fourth-order valence-electron chi connectivity index (χ4n) is 3.65. The van der Waals surface area contributed by atoms with Crippen LogP contribution < -0.4 is 5.32 Å². The van der Waals surface area contributed by atoms with Gasteiger partial charge in [-0.3, -0.25) is 9.78 Å². The van der Waals surface area contributed by atoms with E-state index in [1.165, 1.54) is 0 Å². The van der Waals surface area contributed by atoms with Crippen molar-refractivity contribution in [3.05, 3.63) is 59.4 Å². The van der Waals surface area contributed by atoms with Gasteiger partial charge in [-0.25, -0.2) is 9.80 Å². The lowest BCUT2D eigenvalue weighted by Crippen LogP contribution is -2.41. The topological polar surface area (TPSA) is 77.9 Å². The Balaban J connectivity index is 1.45. The number of halogens is 3. The molecule has 0 fully saturated rings. The molecule has 31 heavy (non-hydrogen) atoms. The summed E-state index contributed by atoms with van der Waals surface area (Å²) in [6.45, 7) is 1.24. The van der Waals surface area contributed by atoms with Gasteiger partial charge in [-0.2, -0.15) is 18.3 Å². The summed E-state index contributed by atoms with van der Waals surface area (Å²) in [5.41, 5.74) is 3.43. The molecule has 2 aromatic rings. The number of fused-ring (bicyclic) bond motifs is 1. The van der Waals surface area contributed by atoms with E-state index in [2.05, 4.69) is 15.4 Å². The van der Waals surface area contributed by atoms with E-state index in [1.807, 2.05) is 12.1 Å². The van der Waals surface area contributed by atoms with Crippen LogP contribution in [0.4, 0.5) is 23.7 Å². The second kappa shape index (κ2) is 8.01. The van der Waals surface area contributed by atoms with Crippen molar-refractivity contribution in [1.82, 2.24) is 14.9 Å². The van der Waals surface area contributed by atoms with Crippen LogP contribution in [0.15, 0.2) is 47.7 Å². The molecule has 3 heterocycles. The number of pyridine rings is 1. The number of carbonyl (C=O) groups excluding carboxylic acids is 2. The predicted octanol–water partition coefficient (Wildman–Crippen LogP) is 3.76. The molecule has 0 saturated carbocycles. The molecule has 1 N–H and O–H groups in total. The van der Waals surface area contributed by atoms with Crippen molar-refractivity contribution < 1.29 is 22.8 Å². The highest BCUT2D eigenvalue weighted by molar-refractivity contribution is 6.06. The minimum atomic E-state index is -4.52. The van der Waals surface area contributed by atoms with E-state index >= 15 is 0 Å². The smallest absolute Gasteiger partial charge is 0.314 e. The van der Waals surface area contributed by atoms with Crippen molar-refractivity contribution in [1.29, 1.82) is 0 Å². The number of anilines is 1. The largest absolute Gasteiger partial charge is 0.408 e. The molecule has 10 heteroatoms. The molecular weight excluding hydrogens is 411 g/mol. The maximum Gasteiger partial charge on any atom is 0.408 e. The van der Waals surface area contributed by atoms with Crippen LogP contribution >= 0.6 is 0 Å². The summed E-state index contributed by atoms with van der Waals surface area (Å²) in [6, 6.07) is 10.2. The van der Waals surface area contributed by atoms with Crippen molar-refractivity contribution in [2.24, 2.45) is 11.0 Å². The molecule has 1 aromatic carbocycles. The van der Waals surface area contributed by atoms with E-state index in [0.29, 0.717) is 35.1 Å². The van der Waals surface area contributed by atoms with Crippen LogP contribution in [-0.2, 0) is 17.9 Å². The summed E-state index contributed by atoms with van der Waals surface area (Å²) < 4.78 is 38.2. The second-order valence-corrected chi connectivity index (χ2v) is 7.63. The van der Waals surface area contributed by atoms with E-state index in [1.54, 1.807) is 42.3 Å². The van der Waals surface area contributed by atoms with Crippen molar-refractivity contribution in [3.8, 4) is 0 Å². The lowest BCUT2D eigenvalue weighted by Gasteiger charge is -2.28.